The highest BCUT2D eigenvalue weighted by atomic mass is 32.2. The van der Waals surface area contributed by atoms with Gasteiger partial charge in [-0.05, 0) is 26.0 Å². The molecule has 0 aliphatic rings. The first kappa shape index (κ1) is 13.6. The van der Waals surface area contributed by atoms with E-state index in [0.717, 1.165) is 11.4 Å². The van der Waals surface area contributed by atoms with Crippen molar-refractivity contribution in [2.24, 2.45) is 0 Å². The highest BCUT2D eigenvalue weighted by molar-refractivity contribution is 8.00. The standard InChI is InChI=1S/C13H15N3O2S/c1-9(17)10(2)19-13-15-14-8-16(13)11-5-4-6-12(7-11)18-3/h4-8,10H,1-3H3. The van der Waals surface area contributed by atoms with Gasteiger partial charge < -0.3 is 4.74 Å². The number of hydrogen-bond donors (Lipinski definition) is 0. The average Bonchev–Trinajstić information content (AvgIpc) is 2.86. The first-order chi connectivity index (χ1) is 9.11. The molecule has 1 atom stereocenters. The van der Waals surface area contributed by atoms with Gasteiger partial charge in [-0.2, -0.15) is 0 Å². The predicted molar refractivity (Wildman–Crippen MR) is 73.9 cm³/mol. The van der Waals surface area contributed by atoms with Gasteiger partial charge in [-0.25, -0.2) is 0 Å². The van der Waals surface area contributed by atoms with Crippen LogP contribution in [0.15, 0.2) is 35.7 Å². The van der Waals surface area contributed by atoms with Crippen LogP contribution in [0.5, 0.6) is 5.75 Å². The summed E-state index contributed by atoms with van der Waals surface area (Å²) in [5.74, 6) is 0.881. The Morgan fingerprint density at radius 3 is 2.95 bits per heavy atom. The Bertz CT molecular complexity index is 583. The van der Waals surface area contributed by atoms with Crippen LogP contribution >= 0.6 is 11.8 Å². The van der Waals surface area contributed by atoms with Crippen molar-refractivity contribution in [3.63, 3.8) is 0 Å². The van der Waals surface area contributed by atoms with Crippen molar-refractivity contribution in [3.05, 3.63) is 30.6 Å². The van der Waals surface area contributed by atoms with Gasteiger partial charge >= 0.3 is 0 Å². The first-order valence-corrected chi connectivity index (χ1v) is 6.71. The third-order valence-electron chi connectivity index (χ3n) is 2.70. The summed E-state index contributed by atoms with van der Waals surface area (Å²) in [5.41, 5.74) is 0.905. The molecule has 0 spiro atoms. The molecule has 1 heterocycles. The third-order valence-corrected chi connectivity index (χ3v) is 3.88. The van der Waals surface area contributed by atoms with E-state index in [1.807, 2.05) is 35.8 Å². The fourth-order valence-corrected chi connectivity index (χ4v) is 2.33. The van der Waals surface area contributed by atoms with E-state index in [1.165, 1.54) is 11.8 Å². The van der Waals surface area contributed by atoms with Gasteiger partial charge in [0.2, 0.25) is 0 Å². The minimum absolute atomic E-state index is 0.116. The Morgan fingerprint density at radius 1 is 1.47 bits per heavy atom. The zero-order valence-electron chi connectivity index (χ0n) is 11.0. The number of rotatable bonds is 5. The van der Waals surface area contributed by atoms with Crippen LogP contribution in [-0.4, -0.2) is 32.9 Å². The Morgan fingerprint density at radius 2 is 2.26 bits per heavy atom. The lowest BCUT2D eigenvalue weighted by Gasteiger charge is -2.10. The zero-order chi connectivity index (χ0) is 13.8. The van der Waals surface area contributed by atoms with Crippen LogP contribution in [0, 0.1) is 0 Å². The van der Waals surface area contributed by atoms with Gasteiger partial charge in [0.15, 0.2) is 5.16 Å². The average molecular weight is 277 g/mol. The zero-order valence-corrected chi connectivity index (χ0v) is 11.8. The van der Waals surface area contributed by atoms with Crippen LogP contribution in [0.1, 0.15) is 13.8 Å². The van der Waals surface area contributed by atoms with Crippen LogP contribution in [0.25, 0.3) is 5.69 Å². The predicted octanol–water partition coefficient (Wildman–Crippen LogP) is 2.35. The second kappa shape index (κ2) is 5.88. The van der Waals surface area contributed by atoms with E-state index >= 15 is 0 Å². The van der Waals surface area contributed by atoms with E-state index in [4.69, 9.17) is 4.74 Å². The number of benzene rings is 1. The van der Waals surface area contributed by atoms with E-state index in [1.54, 1.807) is 20.4 Å². The number of carbonyl (C=O) groups is 1. The van der Waals surface area contributed by atoms with Crippen LogP contribution in [0.2, 0.25) is 0 Å². The number of ether oxygens (including phenoxy) is 1. The lowest BCUT2D eigenvalue weighted by atomic mass is 10.3. The molecular formula is C13H15N3O2S. The highest BCUT2D eigenvalue weighted by Crippen LogP contribution is 2.25. The van der Waals surface area contributed by atoms with Crippen LogP contribution in [-0.2, 0) is 4.79 Å². The number of aromatic nitrogens is 3. The summed E-state index contributed by atoms with van der Waals surface area (Å²) in [4.78, 5) is 11.3. The minimum atomic E-state index is -0.145. The van der Waals surface area contributed by atoms with Crippen molar-refractivity contribution in [2.75, 3.05) is 7.11 Å². The molecule has 0 bridgehead atoms. The van der Waals surface area contributed by atoms with E-state index in [2.05, 4.69) is 10.2 Å². The summed E-state index contributed by atoms with van der Waals surface area (Å²) in [5, 5.41) is 8.51. The van der Waals surface area contributed by atoms with Gasteiger partial charge in [-0.3, -0.25) is 9.36 Å². The molecule has 2 aromatic rings. The second-order valence-electron chi connectivity index (χ2n) is 4.06. The van der Waals surface area contributed by atoms with E-state index in [-0.39, 0.29) is 11.0 Å². The summed E-state index contributed by atoms with van der Waals surface area (Å²) >= 11 is 1.39. The molecule has 0 radical (unpaired) electrons. The molecule has 0 saturated heterocycles. The summed E-state index contributed by atoms with van der Waals surface area (Å²) < 4.78 is 7.04. The quantitative estimate of drug-likeness (QED) is 0.785. The molecule has 0 aliphatic heterocycles. The molecule has 100 valence electrons. The number of thioether (sulfide) groups is 1. The van der Waals surface area contributed by atoms with Gasteiger partial charge in [-0.1, -0.05) is 17.8 Å². The van der Waals surface area contributed by atoms with Crippen LogP contribution < -0.4 is 4.74 Å². The number of nitrogens with zero attached hydrogens (tertiary/aromatic N) is 3. The lowest BCUT2D eigenvalue weighted by Crippen LogP contribution is -2.09. The fourth-order valence-electron chi connectivity index (χ4n) is 1.48. The topological polar surface area (TPSA) is 57.0 Å². The molecule has 0 fully saturated rings. The molecular weight excluding hydrogens is 262 g/mol. The fraction of sp³-hybridized carbons (Fsp3) is 0.308. The molecule has 0 aliphatic carbocycles. The highest BCUT2D eigenvalue weighted by Gasteiger charge is 2.15. The van der Waals surface area contributed by atoms with Gasteiger partial charge in [0.05, 0.1) is 18.0 Å². The normalized spacial score (nSPS) is 12.2. The number of methoxy groups -OCH3 is 1. The smallest absolute Gasteiger partial charge is 0.196 e. The molecule has 6 heteroatoms. The molecule has 1 aromatic heterocycles. The number of Topliss-reactive ketones (excluding diaryl/α,β-unsaturated/α-hetero) is 1. The van der Waals surface area contributed by atoms with E-state index in [9.17, 15) is 4.79 Å². The van der Waals surface area contributed by atoms with Crippen molar-refractivity contribution in [1.29, 1.82) is 0 Å². The summed E-state index contributed by atoms with van der Waals surface area (Å²) in [7, 11) is 1.62. The summed E-state index contributed by atoms with van der Waals surface area (Å²) in [6.07, 6.45) is 1.63. The first-order valence-electron chi connectivity index (χ1n) is 5.83. The van der Waals surface area contributed by atoms with E-state index in [0.29, 0.717) is 5.16 Å². The Labute approximate surface area is 116 Å². The number of hydrogen-bond acceptors (Lipinski definition) is 5. The maximum atomic E-state index is 11.3. The van der Waals surface area contributed by atoms with Crippen molar-refractivity contribution in [2.45, 2.75) is 24.3 Å². The number of ketones is 1. The maximum absolute atomic E-state index is 11.3. The molecule has 2 rings (SSSR count). The van der Waals surface area contributed by atoms with Crippen molar-refractivity contribution >= 4 is 17.5 Å². The van der Waals surface area contributed by atoms with Crippen LogP contribution in [0.3, 0.4) is 0 Å². The SMILES string of the molecule is COc1cccc(-n2cnnc2SC(C)C(C)=O)c1. The van der Waals surface area contributed by atoms with Crippen molar-refractivity contribution in [3.8, 4) is 11.4 Å². The third kappa shape index (κ3) is 3.14. The van der Waals surface area contributed by atoms with Gasteiger partial charge in [0, 0.05) is 6.07 Å². The van der Waals surface area contributed by atoms with Crippen molar-refractivity contribution in [1.82, 2.24) is 14.8 Å². The molecule has 0 amide bonds. The lowest BCUT2D eigenvalue weighted by molar-refractivity contribution is -0.116. The Balaban J connectivity index is 2.30. The summed E-state index contributed by atoms with van der Waals surface area (Å²) in [6, 6.07) is 7.61. The minimum Gasteiger partial charge on any atom is -0.497 e. The van der Waals surface area contributed by atoms with Gasteiger partial charge in [0.25, 0.3) is 0 Å². The monoisotopic (exact) mass is 277 g/mol. The van der Waals surface area contributed by atoms with Gasteiger partial charge in [0.1, 0.15) is 17.9 Å². The molecule has 19 heavy (non-hydrogen) atoms. The maximum Gasteiger partial charge on any atom is 0.196 e. The van der Waals surface area contributed by atoms with Crippen molar-refractivity contribution < 1.29 is 9.53 Å². The van der Waals surface area contributed by atoms with Crippen LogP contribution in [0.4, 0.5) is 0 Å². The Hall–Kier alpha value is -1.82. The van der Waals surface area contributed by atoms with E-state index < -0.39 is 0 Å². The molecule has 1 aromatic carbocycles. The number of carbonyl (C=O) groups excluding carboxylic acids is 1. The molecule has 1 unspecified atom stereocenters. The summed E-state index contributed by atoms with van der Waals surface area (Å²) in [6.45, 7) is 3.43. The largest absolute Gasteiger partial charge is 0.497 e. The molecule has 0 N–H and O–H groups in total. The molecule has 5 nitrogen and oxygen atoms in total. The molecule has 0 saturated carbocycles. The van der Waals surface area contributed by atoms with Gasteiger partial charge in [-0.15, -0.1) is 10.2 Å². The second-order valence-corrected chi connectivity index (χ2v) is 5.36. The Kier molecular flexibility index (Phi) is 4.21.